The van der Waals surface area contributed by atoms with Gasteiger partial charge in [-0.1, -0.05) is 18.2 Å². The molecule has 0 saturated carbocycles. The molecule has 1 fully saturated rings. The largest absolute Gasteiger partial charge is 0.492 e. The van der Waals surface area contributed by atoms with Crippen molar-refractivity contribution >= 4 is 24.8 Å². The van der Waals surface area contributed by atoms with Crippen LogP contribution < -0.4 is 11.1 Å². The average molecular weight is 316 g/mol. The van der Waals surface area contributed by atoms with Crippen molar-refractivity contribution in [1.29, 1.82) is 0 Å². The molecule has 1 heterocycles. The molecule has 0 spiro atoms. The second-order valence-electron chi connectivity index (χ2n) is 6.89. The monoisotopic (exact) mass is 316 g/mol. The Bertz CT molecular complexity index is 610. The predicted octanol–water partition coefficient (Wildman–Crippen LogP) is 2.42. The quantitative estimate of drug-likeness (QED) is 0.661. The van der Waals surface area contributed by atoms with Gasteiger partial charge >= 0.3 is 7.12 Å². The van der Waals surface area contributed by atoms with Crippen LogP contribution in [0.2, 0.25) is 0 Å². The molecule has 124 valence electrons. The Balaban J connectivity index is 2.30. The van der Waals surface area contributed by atoms with Gasteiger partial charge in [-0.3, -0.25) is 4.79 Å². The van der Waals surface area contributed by atoms with Crippen LogP contribution in [0.3, 0.4) is 0 Å². The molecule has 2 rings (SSSR count). The highest BCUT2D eigenvalue weighted by molar-refractivity contribution is 6.56. The first kappa shape index (κ1) is 17.6. The first-order chi connectivity index (χ1) is 10.6. The van der Waals surface area contributed by atoms with Crippen LogP contribution in [0.1, 0.15) is 40.2 Å². The summed E-state index contributed by atoms with van der Waals surface area (Å²) in [6, 6.07) is 7.55. The minimum Gasteiger partial charge on any atom is -0.400 e. The summed E-state index contributed by atoms with van der Waals surface area (Å²) in [5.41, 5.74) is 7.46. The summed E-state index contributed by atoms with van der Waals surface area (Å²) in [5, 5.41) is 2.81. The van der Waals surface area contributed by atoms with E-state index in [1.807, 2.05) is 58.0 Å². The summed E-state index contributed by atoms with van der Waals surface area (Å²) < 4.78 is 12.2. The fraction of sp³-hybridized carbons (Fsp3) is 0.471. The maximum absolute atomic E-state index is 11.3. The highest BCUT2D eigenvalue weighted by atomic mass is 16.7. The number of nitrogen functional groups attached to an aromatic ring is 1. The van der Waals surface area contributed by atoms with Gasteiger partial charge in [-0.15, -0.1) is 0 Å². The Labute approximate surface area is 138 Å². The van der Waals surface area contributed by atoms with Crippen LogP contribution in [-0.2, 0) is 14.1 Å². The number of hydrogen-bond donors (Lipinski definition) is 2. The average Bonchev–Trinajstić information content (AvgIpc) is 2.63. The van der Waals surface area contributed by atoms with E-state index in [9.17, 15) is 4.79 Å². The van der Waals surface area contributed by atoms with Crippen molar-refractivity contribution < 1.29 is 14.1 Å². The summed E-state index contributed by atoms with van der Waals surface area (Å²) >= 11 is 0. The van der Waals surface area contributed by atoms with Crippen LogP contribution in [0.25, 0.3) is 6.08 Å². The maximum atomic E-state index is 11.3. The van der Waals surface area contributed by atoms with E-state index < -0.39 is 18.3 Å². The predicted molar refractivity (Wildman–Crippen MR) is 93.6 cm³/mol. The van der Waals surface area contributed by atoms with Crippen LogP contribution in [-0.4, -0.2) is 30.8 Å². The summed E-state index contributed by atoms with van der Waals surface area (Å²) in [6.07, 6.45) is 1.95. The van der Waals surface area contributed by atoms with Crippen LogP contribution in [0, 0.1) is 0 Å². The molecule has 0 unspecified atom stereocenters. The van der Waals surface area contributed by atoms with Crippen molar-refractivity contribution in [2.75, 3.05) is 12.3 Å². The van der Waals surface area contributed by atoms with E-state index in [1.165, 1.54) is 6.92 Å². The van der Waals surface area contributed by atoms with E-state index in [2.05, 4.69) is 5.32 Å². The Kier molecular flexibility index (Phi) is 4.87. The number of rotatable bonds is 4. The molecule has 0 radical (unpaired) electrons. The van der Waals surface area contributed by atoms with Crippen LogP contribution in [0.15, 0.2) is 29.7 Å². The van der Waals surface area contributed by atoms with Gasteiger partial charge in [-0.25, -0.2) is 0 Å². The SMILES string of the molecule is CC(=O)NCC(=Cc1cccc(N)c1)B1OC(C)(C)C(C)(C)O1. The third kappa shape index (κ3) is 4.15. The molecule has 1 aromatic carbocycles. The maximum Gasteiger partial charge on any atom is 0.492 e. The number of amides is 1. The number of benzene rings is 1. The van der Waals surface area contributed by atoms with E-state index in [1.54, 1.807) is 0 Å². The summed E-state index contributed by atoms with van der Waals surface area (Å²) in [6.45, 7) is 9.86. The first-order valence-corrected chi connectivity index (χ1v) is 7.77. The van der Waals surface area contributed by atoms with Crippen LogP contribution in [0.5, 0.6) is 0 Å². The molecule has 1 aliphatic rings. The molecule has 1 aromatic rings. The number of carbonyl (C=O) groups is 1. The Morgan fingerprint density at radius 3 is 2.39 bits per heavy atom. The van der Waals surface area contributed by atoms with Crippen molar-refractivity contribution in [1.82, 2.24) is 5.32 Å². The lowest BCUT2D eigenvalue weighted by molar-refractivity contribution is -0.118. The lowest BCUT2D eigenvalue weighted by Crippen LogP contribution is -2.41. The van der Waals surface area contributed by atoms with Crippen molar-refractivity contribution in [2.45, 2.75) is 45.8 Å². The van der Waals surface area contributed by atoms with Crippen molar-refractivity contribution in [2.24, 2.45) is 0 Å². The summed E-state index contributed by atoms with van der Waals surface area (Å²) in [5.74, 6) is -0.0972. The molecule has 0 atom stereocenters. The number of hydrogen-bond acceptors (Lipinski definition) is 4. The fourth-order valence-corrected chi connectivity index (χ4v) is 2.29. The zero-order chi connectivity index (χ0) is 17.3. The number of carbonyl (C=O) groups excluding carboxylic acids is 1. The lowest BCUT2D eigenvalue weighted by atomic mass is 9.77. The topological polar surface area (TPSA) is 73.6 Å². The van der Waals surface area contributed by atoms with Gasteiger partial charge in [-0.2, -0.15) is 0 Å². The minimum atomic E-state index is -0.506. The fourth-order valence-electron chi connectivity index (χ4n) is 2.29. The number of anilines is 1. The van der Waals surface area contributed by atoms with Gasteiger partial charge < -0.3 is 20.4 Å². The van der Waals surface area contributed by atoms with Crippen molar-refractivity contribution in [3.8, 4) is 0 Å². The number of nitrogens with two attached hydrogens (primary N) is 1. The number of nitrogens with one attached hydrogen (secondary N) is 1. The van der Waals surface area contributed by atoms with Gasteiger partial charge in [0.1, 0.15) is 0 Å². The zero-order valence-corrected chi connectivity index (χ0v) is 14.5. The van der Waals surface area contributed by atoms with E-state index in [-0.39, 0.29) is 5.91 Å². The van der Waals surface area contributed by atoms with Gasteiger partial charge in [0.15, 0.2) is 0 Å². The Hall–Kier alpha value is -1.79. The first-order valence-electron chi connectivity index (χ1n) is 7.77. The van der Waals surface area contributed by atoms with E-state index in [0.717, 1.165) is 11.0 Å². The standard InChI is InChI=1S/C17H25BN2O3/c1-12(21)20-11-14(9-13-7-6-8-15(19)10-13)18-22-16(2,3)17(4,5)23-18/h6-10H,11,19H2,1-5H3,(H,20,21). The third-order valence-electron chi connectivity index (χ3n) is 4.36. The smallest absolute Gasteiger partial charge is 0.400 e. The molecule has 1 saturated heterocycles. The van der Waals surface area contributed by atoms with Gasteiger partial charge in [0.2, 0.25) is 5.91 Å². The van der Waals surface area contributed by atoms with Crippen LogP contribution >= 0.6 is 0 Å². The van der Waals surface area contributed by atoms with Crippen LogP contribution in [0.4, 0.5) is 5.69 Å². The summed E-state index contributed by atoms with van der Waals surface area (Å²) in [4.78, 5) is 11.3. The molecule has 3 N–H and O–H groups in total. The van der Waals surface area contributed by atoms with Crippen molar-refractivity contribution in [3.05, 3.63) is 35.3 Å². The van der Waals surface area contributed by atoms with Gasteiger partial charge in [0.25, 0.3) is 0 Å². The van der Waals surface area contributed by atoms with Gasteiger partial charge in [0, 0.05) is 19.2 Å². The Morgan fingerprint density at radius 2 is 1.87 bits per heavy atom. The molecule has 0 aliphatic carbocycles. The van der Waals surface area contributed by atoms with E-state index in [4.69, 9.17) is 15.0 Å². The van der Waals surface area contributed by atoms with E-state index in [0.29, 0.717) is 12.2 Å². The van der Waals surface area contributed by atoms with Crippen molar-refractivity contribution in [3.63, 3.8) is 0 Å². The molecule has 5 nitrogen and oxygen atoms in total. The van der Waals surface area contributed by atoms with E-state index >= 15 is 0 Å². The Morgan fingerprint density at radius 1 is 1.26 bits per heavy atom. The van der Waals surface area contributed by atoms with Gasteiger partial charge in [-0.05, 0) is 50.9 Å². The minimum absolute atomic E-state index is 0.0972. The molecule has 1 amide bonds. The highest BCUT2D eigenvalue weighted by Crippen LogP contribution is 2.38. The second kappa shape index (κ2) is 6.38. The molecule has 0 aromatic heterocycles. The summed E-state index contributed by atoms with van der Waals surface area (Å²) in [7, 11) is -0.506. The molecular weight excluding hydrogens is 291 g/mol. The molecule has 0 bridgehead atoms. The molecule has 6 heteroatoms. The van der Waals surface area contributed by atoms with Gasteiger partial charge in [0.05, 0.1) is 11.2 Å². The molecule has 23 heavy (non-hydrogen) atoms. The molecular formula is C17H25BN2O3. The normalized spacial score (nSPS) is 19.7. The third-order valence-corrected chi connectivity index (χ3v) is 4.36. The highest BCUT2D eigenvalue weighted by Gasteiger charge is 2.52. The lowest BCUT2D eigenvalue weighted by Gasteiger charge is -2.32. The second-order valence-corrected chi connectivity index (χ2v) is 6.89. The zero-order valence-electron chi connectivity index (χ0n) is 14.5. The molecule has 1 aliphatic heterocycles.